The van der Waals surface area contributed by atoms with Crippen LogP contribution >= 0.6 is 11.6 Å². The summed E-state index contributed by atoms with van der Waals surface area (Å²) >= 11 is 6.47. The number of hydrogen-bond donors (Lipinski definition) is 0. The first-order chi connectivity index (χ1) is 20.2. The fourth-order valence-electron chi connectivity index (χ4n) is 6.91. The van der Waals surface area contributed by atoms with Gasteiger partial charge in [-0.25, -0.2) is 0 Å². The van der Waals surface area contributed by atoms with Crippen molar-refractivity contribution in [1.82, 2.24) is 14.7 Å². The van der Waals surface area contributed by atoms with Crippen molar-refractivity contribution in [2.24, 2.45) is 17.8 Å². The maximum absolute atomic E-state index is 13.8. The molecule has 0 saturated carbocycles. The first-order valence-electron chi connectivity index (χ1n) is 15.1. The average Bonchev–Trinajstić information content (AvgIpc) is 3.56. The molecule has 2 unspecified atom stereocenters. The fourth-order valence-corrected chi connectivity index (χ4v) is 7.08. The molecule has 42 heavy (non-hydrogen) atoms. The number of methoxy groups -OCH3 is 1. The van der Waals surface area contributed by atoms with Gasteiger partial charge in [0.05, 0.1) is 7.11 Å². The quantitative estimate of drug-likeness (QED) is 0.445. The molecular formula is C33H43ClN4O4. The van der Waals surface area contributed by atoms with Gasteiger partial charge in [0.25, 0.3) is 5.91 Å². The number of piperidine rings is 1. The van der Waals surface area contributed by atoms with Crippen LogP contribution in [0.2, 0.25) is 5.02 Å². The standard InChI is InChI=1S/C33H43ClN4O4/c1-22-9-10-28(17-30(22)34)38(32(40)25-11-15-36(16-12-25)24(3)39)14-6-13-35-18-26-20-37(21-27(26)19-35)33(41)29-7-5-8-31(42-4)23(29)2/h5,7-10,17,25-27H,6,11-16,18-21H2,1-4H3. The van der Waals surface area contributed by atoms with E-state index in [0.717, 1.165) is 67.3 Å². The molecule has 2 aromatic carbocycles. The van der Waals surface area contributed by atoms with Crippen molar-refractivity contribution >= 4 is 35.0 Å². The van der Waals surface area contributed by atoms with Gasteiger partial charge in [-0.15, -0.1) is 0 Å². The fraction of sp³-hybridized carbons (Fsp3) is 0.545. The zero-order valence-corrected chi connectivity index (χ0v) is 26.0. The second-order valence-electron chi connectivity index (χ2n) is 12.2. The summed E-state index contributed by atoms with van der Waals surface area (Å²) in [6, 6.07) is 11.5. The molecule has 3 fully saturated rings. The number of aryl methyl sites for hydroxylation is 1. The van der Waals surface area contributed by atoms with Gasteiger partial charge in [0.15, 0.2) is 0 Å². The van der Waals surface area contributed by atoms with Crippen LogP contribution in [0.25, 0.3) is 0 Å². The number of carbonyl (C=O) groups excluding carboxylic acids is 3. The van der Waals surface area contributed by atoms with Gasteiger partial charge in [0.2, 0.25) is 11.8 Å². The summed E-state index contributed by atoms with van der Waals surface area (Å²) in [5.74, 6) is 1.88. The van der Waals surface area contributed by atoms with E-state index >= 15 is 0 Å². The van der Waals surface area contributed by atoms with E-state index in [0.29, 0.717) is 49.3 Å². The van der Waals surface area contributed by atoms with Gasteiger partial charge in [-0.2, -0.15) is 0 Å². The minimum atomic E-state index is -0.0939. The normalized spacial score (nSPS) is 21.0. The largest absolute Gasteiger partial charge is 0.496 e. The Morgan fingerprint density at radius 3 is 2.29 bits per heavy atom. The van der Waals surface area contributed by atoms with Gasteiger partial charge >= 0.3 is 0 Å². The molecule has 226 valence electrons. The molecule has 0 spiro atoms. The van der Waals surface area contributed by atoms with Crippen molar-refractivity contribution in [3.63, 3.8) is 0 Å². The Morgan fingerprint density at radius 1 is 0.976 bits per heavy atom. The van der Waals surface area contributed by atoms with E-state index in [1.807, 2.05) is 64.9 Å². The highest BCUT2D eigenvalue weighted by atomic mass is 35.5. The maximum Gasteiger partial charge on any atom is 0.254 e. The van der Waals surface area contributed by atoms with Crippen molar-refractivity contribution in [3.05, 3.63) is 58.1 Å². The van der Waals surface area contributed by atoms with Crippen LogP contribution in [0.5, 0.6) is 5.75 Å². The minimum Gasteiger partial charge on any atom is -0.496 e. The average molecular weight is 595 g/mol. The Balaban J connectivity index is 1.17. The molecule has 8 nitrogen and oxygen atoms in total. The lowest BCUT2D eigenvalue weighted by Gasteiger charge is -2.34. The zero-order chi connectivity index (χ0) is 30.0. The van der Waals surface area contributed by atoms with E-state index in [9.17, 15) is 14.4 Å². The summed E-state index contributed by atoms with van der Waals surface area (Å²) in [6.45, 7) is 11.8. The van der Waals surface area contributed by atoms with Crippen LogP contribution in [-0.2, 0) is 9.59 Å². The Kier molecular flexibility index (Phi) is 9.43. The molecule has 0 bridgehead atoms. The molecule has 9 heteroatoms. The Labute approximate surface area is 254 Å². The van der Waals surface area contributed by atoms with Crippen molar-refractivity contribution in [1.29, 1.82) is 0 Å². The minimum absolute atomic E-state index is 0.0707. The number of ether oxygens (including phenoxy) is 1. The number of likely N-dealkylation sites (tertiary alicyclic amines) is 3. The van der Waals surface area contributed by atoms with Gasteiger partial charge in [0, 0.05) is 80.5 Å². The van der Waals surface area contributed by atoms with Gasteiger partial charge in [-0.1, -0.05) is 23.7 Å². The molecule has 2 atom stereocenters. The number of carbonyl (C=O) groups is 3. The van der Waals surface area contributed by atoms with E-state index < -0.39 is 0 Å². The van der Waals surface area contributed by atoms with Crippen LogP contribution in [0.4, 0.5) is 5.69 Å². The lowest BCUT2D eigenvalue weighted by atomic mass is 9.94. The van der Waals surface area contributed by atoms with E-state index in [2.05, 4.69) is 4.90 Å². The third-order valence-corrected chi connectivity index (χ3v) is 9.87. The molecule has 2 aromatic rings. The first kappa shape index (κ1) is 30.4. The van der Waals surface area contributed by atoms with Crippen molar-refractivity contribution in [2.75, 3.05) is 64.4 Å². The number of anilines is 1. The van der Waals surface area contributed by atoms with Crippen LogP contribution in [0.1, 0.15) is 47.7 Å². The lowest BCUT2D eigenvalue weighted by Crippen LogP contribution is -2.44. The molecule has 0 radical (unpaired) electrons. The smallest absolute Gasteiger partial charge is 0.254 e. The SMILES string of the molecule is COc1cccc(C(=O)N2CC3CN(CCCN(C(=O)C4CCN(C(C)=O)CC4)c4ccc(C)c(Cl)c4)CC3C2)c1C. The molecule has 3 saturated heterocycles. The number of halogens is 1. The Hall–Kier alpha value is -3.10. The summed E-state index contributed by atoms with van der Waals surface area (Å²) < 4.78 is 5.42. The Bertz CT molecular complexity index is 1310. The van der Waals surface area contributed by atoms with Crippen LogP contribution in [0, 0.1) is 31.6 Å². The molecule has 0 aliphatic carbocycles. The first-order valence-corrected chi connectivity index (χ1v) is 15.5. The molecular weight excluding hydrogens is 552 g/mol. The number of nitrogens with zero attached hydrogens (tertiary/aromatic N) is 4. The predicted octanol–water partition coefficient (Wildman–Crippen LogP) is 4.65. The van der Waals surface area contributed by atoms with Gasteiger partial charge in [-0.05, 0) is 81.3 Å². The highest BCUT2D eigenvalue weighted by molar-refractivity contribution is 6.31. The lowest BCUT2D eigenvalue weighted by molar-refractivity contribution is -0.133. The number of amides is 3. The number of fused-ring (bicyclic) bond motifs is 1. The molecule has 5 rings (SSSR count). The molecule has 3 heterocycles. The highest BCUT2D eigenvalue weighted by Crippen LogP contribution is 2.33. The predicted molar refractivity (Wildman–Crippen MR) is 165 cm³/mol. The molecule has 0 aromatic heterocycles. The highest BCUT2D eigenvalue weighted by Gasteiger charge is 2.42. The Morgan fingerprint density at radius 2 is 1.67 bits per heavy atom. The summed E-state index contributed by atoms with van der Waals surface area (Å²) in [5, 5.41) is 0.660. The van der Waals surface area contributed by atoms with Crippen LogP contribution in [0.15, 0.2) is 36.4 Å². The van der Waals surface area contributed by atoms with Crippen LogP contribution in [-0.4, -0.2) is 91.9 Å². The monoisotopic (exact) mass is 594 g/mol. The van der Waals surface area contributed by atoms with Crippen LogP contribution < -0.4 is 9.64 Å². The van der Waals surface area contributed by atoms with Gasteiger partial charge in [-0.3, -0.25) is 14.4 Å². The van der Waals surface area contributed by atoms with E-state index in [1.165, 1.54) is 0 Å². The van der Waals surface area contributed by atoms with Crippen LogP contribution in [0.3, 0.4) is 0 Å². The second-order valence-corrected chi connectivity index (χ2v) is 12.6. The summed E-state index contributed by atoms with van der Waals surface area (Å²) in [7, 11) is 1.63. The molecule has 0 N–H and O–H groups in total. The number of benzene rings is 2. The van der Waals surface area contributed by atoms with E-state index in [1.54, 1.807) is 14.0 Å². The summed E-state index contributed by atoms with van der Waals surface area (Å²) in [4.78, 5) is 47.1. The topological polar surface area (TPSA) is 73.4 Å². The summed E-state index contributed by atoms with van der Waals surface area (Å²) in [6.07, 6.45) is 2.23. The van der Waals surface area contributed by atoms with Crippen molar-refractivity contribution in [2.45, 2.75) is 40.0 Å². The van der Waals surface area contributed by atoms with Crippen molar-refractivity contribution in [3.8, 4) is 5.75 Å². The maximum atomic E-state index is 13.8. The van der Waals surface area contributed by atoms with E-state index in [-0.39, 0.29) is 23.6 Å². The number of hydrogen-bond acceptors (Lipinski definition) is 5. The van der Waals surface area contributed by atoms with E-state index in [4.69, 9.17) is 16.3 Å². The van der Waals surface area contributed by atoms with Gasteiger partial charge in [0.1, 0.15) is 5.75 Å². The second kappa shape index (κ2) is 13.0. The molecule has 3 amide bonds. The zero-order valence-electron chi connectivity index (χ0n) is 25.3. The van der Waals surface area contributed by atoms with Crippen molar-refractivity contribution < 1.29 is 19.1 Å². The third-order valence-electron chi connectivity index (χ3n) is 9.46. The summed E-state index contributed by atoms with van der Waals surface area (Å²) in [5.41, 5.74) is 3.44. The third kappa shape index (κ3) is 6.45. The molecule has 3 aliphatic rings. The van der Waals surface area contributed by atoms with Gasteiger partial charge < -0.3 is 24.3 Å². The number of rotatable bonds is 8. The molecule has 3 aliphatic heterocycles.